The predicted molar refractivity (Wildman–Crippen MR) is 89.3 cm³/mol. The fraction of sp³-hybridized carbons (Fsp3) is 0.294. The third-order valence-corrected chi connectivity index (χ3v) is 4.82. The zero-order chi connectivity index (χ0) is 16.7. The fourth-order valence-electron chi connectivity index (χ4n) is 2.25. The normalized spacial score (nSPS) is 12.6. The minimum Gasteiger partial charge on any atom is -0.274 e. The van der Waals surface area contributed by atoms with Crippen LogP contribution in [0.25, 0.3) is 0 Å². The Morgan fingerprint density at radius 3 is 2.43 bits per heavy atom. The third kappa shape index (κ3) is 5.83. The number of hydrogen-bond donors (Lipinski definition) is 1. The van der Waals surface area contributed by atoms with Crippen LogP contribution in [0.3, 0.4) is 0 Å². The summed E-state index contributed by atoms with van der Waals surface area (Å²) in [5, 5.41) is 0. The van der Waals surface area contributed by atoms with Gasteiger partial charge < -0.3 is 0 Å². The fourth-order valence-corrected chi connectivity index (χ4v) is 3.29. The average Bonchev–Trinajstić information content (AvgIpc) is 2.54. The van der Waals surface area contributed by atoms with Crippen LogP contribution in [0.15, 0.2) is 54.9 Å². The molecule has 0 bridgehead atoms. The molecule has 5 nitrogen and oxygen atoms in total. The molecule has 2 aromatic rings. The summed E-state index contributed by atoms with van der Waals surface area (Å²) in [5.41, 5.74) is 1.88. The maximum absolute atomic E-state index is 12.0. The molecular weight excluding hydrogens is 312 g/mol. The van der Waals surface area contributed by atoms with Crippen LogP contribution in [-0.2, 0) is 21.2 Å². The Balaban J connectivity index is 1.86. The molecular formula is C17H20N2O3S. The van der Waals surface area contributed by atoms with Crippen molar-refractivity contribution in [1.29, 1.82) is 0 Å². The van der Waals surface area contributed by atoms with Gasteiger partial charge in [-0.25, -0.2) is 8.42 Å². The minimum absolute atomic E-state index is 0.0673. The van der Waals surface area contributed by atoms with Crippen molar-refractivity contribution >= 4 is 15.9 Å². The highest BCUT2D eigenvalue weighted by atomic mass is 32.2. The van der Waals surface area contributed by atoms with Crippen LogP contribution < -0.4 is 4.72 Å². The van der Waals surface area contributed by atoms with Crippen molar-refractivity contribution in [2.75, 3.05) is 5.75 Å². The van der Waals surface area contributed by atoms with Crippen LogP contribution in [0, 0.1) is 0 Å². The number of benzene rings is 1. The molecule has 1 N–H and O–H groups in total. The highest BCUT2D eigenvalue weighted by Crippen LogP contribution is 2.17. The first-order valence-electron chi connectivity index (χ1n) is 7.43. The lowest BCUT2D eigenvalue weighted by atomic mass is 9.99. The van der Waals surface area contributed by atoms with E-state index in [1.165, 1.54) is 0 Å². The largest absolute Gasteiger partial charge is 0.274 e. The zero-order valence-corrected chi connectivity index (χ0v) is 13.8. The molecule has 1 heterocycles. The minimum atomic E-state index is -3.62. The number of nitrogens with one attached hydrogen (secondary N) is 1. The summed E-state index contributed by atoms with van der Waals surface area (Å²) < 4.78 is 26.1. The van der Waals surface area contributed by atoms with Crippen LogP contribution in [0.1, 0.15) is 30.4 Å². The van der Waals surface area contributed by atoms with Gasteiger partial charge in [0.25, 0.3) is 0 Å². The molecule has 0 spiro atoms. The Morgan fingerprint density at radius 1 is 1.13 bits per heavy atom. The molecule has 1 aromatic carbocycles. The molecule has 6 heteroatoms. The van der Waals surface area contributed by atoms with Gasteiger partial charge in [0.2, 0.25) is 15.9 Å². The summed E-state index contributed by atoms with van der Waals surface area (Å²) in [4.78, 5) is 15.9. The lowest BCUT2D eigenvalue weighted by molar-refractivity contribution is -0.119. The van der Waals surface area contributed by atoms with Crippen molar-refractivity contribution in [3.05, 3.63) is 66.0 Å². The van der Waals surface area contributed by atoms with Gasteiger partial charge in [-0.15, -0.1) is 0 Å². The van der Waals surface area contributed by atoms with E-state index in [9.17, 15) is 13.2 Å². The first kappa shape index (κ1) is 17.1. The molecule has 1 aromatic heterocycles. The van der Waals surface area contributed by atoms with Gasteiger partial charge in [0, 0.05) is 18.8 Å². The van der Waals surface area contributed by atoms with E-state index in [2.05, 4.69) is 9.71 Å². The molecule has 2 rings (SSSR count). The second-order valence-corrected chi connectivity index (χ2v) is 7.31. The number of pyridine rings is 1. The number of hydrogen-bond acceptors (Lipinski definition) is 4. The van der Waals surface area contributed by atoms with E-state index in [-0.39, 0.29) is 18.1 Å². The molecule has 1 atom stereocenters. The van der Waals surface area contributed by atoms with Crippen molar-refractivity contribution in [2.24, 2.45) is 0 Å². The summed E-state index contributed by atoms with van der Waals surface area (Å²) in [5.74, 6) is -0.656. The first-order valence-corrected chi connectivity index (χ1v) is 9.09. The van der Waals surface area contributed by atoms with E-state index in [1.54, 1.807) is 12.4 Å². The van der Waals surface area contributed by atoms with Gasteiger partial charge in [0.15, 0.2) is 0 Å². The molecule has 0 aliphatic rings. The molecule has 0 fully saturated rings. The van der Waals surface area contributed by atoms with Crippen molar-refractivity contribution in [3.63, 3.8) is 0 Å². The number of carbonyl (C=O) groups is 1. The number of sulfonamides is 1. The highest BCUT2D eigenvalue weighted by molar-refractivity contribution is 7.90. The third-order valence-electron chi connectivity index (χ3n) is 3.54. The number of carbonyl (C=O) groups excluding carboxylic acids is 1. The van der Waals surface area contributed by atoms with E-state index in [1.807, 2.05) is 49.4 Å². The van der Waals surface area contributed by atoms with Crippen LogP contribution in [0.5, 0.6) is 0 Å². The number of rotatable bonds is 7. The first-order chi connectivity index (χ1) is 11.0. The molecule has 0 radical (unpaired) electrons. The molecule has 0 saturated heterocycles. The van der Waals surface area contributed by atoms with Gasteiger partial charge >= 0.3 is 0 Å². The predicted octanol–water partition coefficient (Wildman–Crippen LogP) is 2.26. The molecule has 23 heavy (non-hydrogen) atoms. The van der Waals surface area contributed by atoms with Crippen LogP contribution >= 0.6 is 0 Å². The summed E-state index contributed by atoms with van der Waals surface area (Å²) in [6.45, 7) is 1.88. The zero-order valence-electron chi connectivity index (χ0n) is 13.0. The van der Waals surface area contributed by atoms with Crippen molar-refractivity contribution in [3.8, 4) is 0 Å². The van der Waals surface area contributed by atoms with Crippen LogP contribution in [0.2, 0.25) is 0 Å². The van der Waals surface area contributed by atoms with E-state index in [0.29, 0.717) is 6.42 Å². The molecule has 1 unspecified atom stereocenters. The Morgan fingerprint density at radius 2 is 1.78 bits per heavy atom. The Hall–Kier alpha value is -2.21. The number of aromatic nitrogens is 1. The van der Waals surface area contributed by atoms with Crippen LogP contribution in [0.4, 0.5) is 0 Å². The number of aryl methyl sites for hydroxylation is 1. The second kappa shape index (κ2) is 7.87. The van der Waals surface area contributed by atoms with Gasteiger partial charge in [-0.3, -0.25) is 14.5 Å². The Kier molecular flexibility index (Phi) is 5.87. The van der Waals surface area contributed by atoms with Gasteiger partial charge in [0.05, 0.1) is 5.75 Å². The Labute approximate surface area is 136 Å². The lowest BCUT2D eigenvalue weighted by Gasteiger charge is -2.12. The molecule has 0 aliphatic heterocycles. The van der Waals surface area contributed by atoms with Crippen molar-refractivity contribution in [2.45, 2.75) is 25.7 Å². The molecule has 1 amide bonds. The second-order valence-electron chi connectivity index (χ2n) is 5.47. The summed E-state index contributed by atoms with van der Waals surface area (Å²) in [6, 6.07) is 13.0. The molecule has 0 saturated carbocycles. The Bertz CT molecular complexity index is 731. The van der Waals surface area contributed by atoms with E-state index in [4.69, 9.17) is 0 Å². The molecule has 0 aliphatic carbocycles. The molecule has 122 valence electrons. The van der Waals surface area contributed by atoms with Crippen molar-refractivity contribution < 1.29 is 13.2 Å². The van der Waals surface area contributed by atoms with E-state index >= 15 is 0 Å². The average molecular weight is 332 g/mol. The highest BCUT2D eigenvalue weighted by Gasteiger charge is 2.17. The monoisotopic (exact) mass is 332 g/mol. The lowest BCUT2D eigenvalue weighted by Crippen LogP contribution is -2.33. The van der Waals surface area contributed by atoms with E-state index < -0.39 is 15.9 Å². The summed E-state index contributed by atoms with van der Waals surface area (Å²) in [7, 11) is -3.62. The van der Waals surface area contributed by atoms with Gasteiger partial charge in [0.1, 0.15) is 0 Å². The SMILES string of the molecule is CC(CC(=O)NS(=O)(=O)CCc1ccccc1)c1ccncc1. The maximum atomic E-state index is 12.0. The standard InChI is InChI=1S/C17H20N2O3S/c1-14(16-7-10-18-11-8-16)13-17(20)19-23(21,22)12-9-15-5-3-2-4-6-15/h2-8,10-11,14H,9,12-13H2,1H3,(H,19,20). The number of nitrogens with zero attached hydrogens (tertiary/aromatic N) is 1. The van der Waals surface area contributed by atoms with Gasteiger partial charge in [-0.1, -0.05) is 37.3 Å². The summed E-state index contributed by atoms with van der Waals surface area (Å²) in [6.07, 6.45) is 3.80. The summed E-state index contributed by atoms with van der Waals surface area (Å²) >= 11 is 0. The van der Waals surface area contributed by atoms with Crippen LogP contribution in [-0.4, -0.2) is 25.1 Å². The number of amides is 1. The van der Waals surface area contributed by atoms with Crippen molar-refractivity contribution in [1.82, 2.24) is 9.71 Å². The van der Waals surface area contributed by atoms with Gasteiger partial charge in [-0.05, 0) is 35.6 Å². The van der Waals surface area contributed by atoms with Gasteiger partial charge in [-0.2, -0.15) is 0 Å². The maximum Gasteiger partial charge on any atom is 0.235 e. The quantitative estimate of drug-likeness (QED) is 0.844. The smallest absolute Gasteiger partial charge is 0.235 e. The van der Waals surface area contributed by atoms with E-state index in [0.717, 1.165) is 11.1 Å². The topological polar surface area (TPSA) is 76.1 Å².